The molecule has 0 amide bonds. The third kappa shape index (κ3) is 5.39. The van der Waals surface area contributed by atoms with E-state index in [-0.39, 0.29) is 11.5 Å². The van der Waals surface area contributed by atoms with Crippen LogP contribution in [0, 0.1) is 0 Å². The van der Waals surface area contributed by atoms with Crippen LogP contribution in [-0.2, 0) is 19.1 Å². The fourth-order valence-electron chi connectivity index (χ4n) is 0.888. The fraction of sp³-hybridized carbons (Fsp3) is 0.750. The molecule has 2 atom stereocenters. The molecule has 0 heterocycles. The highest BCUT2D eigenvalue weighted by Gasteiger charge is 2.24. The molecule has 0 saturated carbocycles. The molecule has 0 aromatic carbocycles. The first-order chi connectivity index (χ1) is 6.51. The number of esters is 2. The van der Waals surface area contributed by atoms with Crippen molar-refractivity contribution in [1.82, 2.24) is 0 Å². The normalized spacial score (nSPS) is 14.3. The number of carbonyl (C=O) groups excluding carboxylic acids is 2. The van der Waals surface area contributed by atoms with Crippen LogP contribution < -0.4 is 0 Å². The fourth-order valence-corrected chi connectivity index (χ4v) is 1.51. The number of hydrogen-bond acceptors (Lipinski definition) is 6. The highest BCUT2D eigenvalue weighted by Crippen LogP contribution is 2.09. The van der Waals surface area contributed by atoms with Crippen LogP contribution in [-0.4, -0.2) is 35.7 Å². The summed E-state index contributed by atoms with van der Waals surface area (Å²) in [5, 5.41) is 0. The summed E-state index contributed by atoms with van der Waals surface area (Å²) in [5.41, 5.74) is 0. The molecule has 0 bridgehead atoms. The van der Waals surface area contributed by atoms with Gasteiger partial charge in [0.15, 0.2) is 0 Å². The summed E-state index contributed by atoms with van der Waals surface area (Å²) in [6.07, 6.45) is -1.09. The lowest BCUT2D eigenvalue weighted by Gasteiger charge is -2.23. The van der Waals surface area contributed by atoms with Crippen molar-refractivity contribution in [3.8, 4) is 0 Å². The Kier molecular flexibility index (Phi) is 6.82. The lowest BCUT2D eigenvalue weighted by atomic mass is 10.2. The van der Waals surface area contributed by atoms with Gasteiger partial charge in [-0.2, -0.15) is 25.3 Å². The van der Waals surface area contributed by atoms with Crippen molar-refractivity contribution in [1.29, 1.82) is 0 Å². The van der Waals surface area contributed by atoms with Gasteiger partial charge >= 0.3 is 11.9 Å². The average molecular weight is 238 g/mol. The van der Waals surface area contributed by atoms with Gasteiger partial charge in [-0.25, -0.2) is 0 Å². The van der Waals surface area contributed by atoms with Crippen LogP contribution in [0.3, 0.4) is 0 Å². The molecule has 0 aliphatic heterocycles. The van der Waals surface area contributed by atoms with Gasteiger partial charge in [0.05, 0.1) is 0 Å². The van der Waals surface area contributed by atoms with Crippen molar-refractivity contribution in [2.24, 2.45) is 0 Å². The van der Waals surface area contributed by atoms with Crippen LogP contribution in [0.15, 0.2) is 0 Å². The first-order valence-electron chi connectivity index (χ1n) is 4.07. The Hall–Kier alpha value is -0.360. The summed E-state index contributed by atoms with van der Waals surface area (Å²) in [4.78, 5) is 21.4. The van der Waals surface area contributed by atoms with Crippen LogP contribution in [0.1, 0.15) is 13.8 Å². The smallest absolute Gasteiger partial charge is 0.303 e. The van der Waals surface area contributed by atoms with Gasteiger partial charge in [0.2, 0.25) is 0 Å². The molecule has 0 fully saturated rings. The van der Waals surface area contributed by atoms with E-state index >= 15 is 0 Å². The molecule has 0 N–H and O–H groups in total. The Bertz CT molecular complexity index is 186. The minimum Gasteiger partial charge on any atom is -0.458 e. The zero-order valence-electron chi connectivity index (χ0n) is 8.10. The van der Waals surface area contributed by atoms with Crippen molar-refractivity contribution < 1.29 is 19.1 Å². The molecule has 82 valence electrons. The predicted molar refractivity (Wildman–Crippen MR) is 58.8 cm³/mol. The van der Waals surface area contributed by atoms with Crippen LogP contribution in [0.4, 0.5) is 0 Å². The van der Waals surface area contributed by atoms with Gasteiger partial charge in [-0.15, -0.1) is 0 Å². The molecule has 0 aliphatic carbocycles. The number of thiol groups is 2. The van der Waals surface area contributed by atoms with Gasteiger partial charge < -0.3 is 9.47 Å². The molecule has 14 heavy (non-hydrogen) atoms. The first kappa shape index (κ1) is 13.6. The Balaban J connectivity index is 4.28. The topological polar surface area (TPSA) is 52.6 Å². The van der Waals surface area contributed by atoms with E-state index in [2.05, 4.69) is 25.3 Å². The van der Waals surface area contributed by atoms with Gasteiger partial charge in [0.1, 0.15) is 12.2 Å². The summed E-state index contributed by atoms with van der Waals surface area (Å²) in [6, 6.07) is 0. The van der Waals surface area contributed by atoms with Crippen LogP contribution in [0.25, 0.3) is 0 Å². The standard InChI is InChI=1S/C8H14O4S2/c1-5(9)11-7(3-13)8(4-14)12-6(2)10/h7-8,13-14H,3-4H2,1-2H3/t7-,8-/m1/s1. The van der Waals surface area contributed by atoms with E-state index in [1.54, 1.807) is 0 Å². The molecular formula is C8H14O4S2. The van der Waals surface area contributed by atoms with E-state index in [1.807, 2.05) is 0 Å². The lowest BCUT2D eigenvalue weighted by molar-refractivity contribution is -0.161. The number of rotatable bonds is 5. The second-order valence-electron chi connectivity index (χ2n) is 2.66. The van der Waals surface area contributed by atoms with Crippen LogP contribution in [0.5, 0.6) is 0 Å². The second kappa shape index (κ2) is 7.00. The van der Waals surface area contributed by atoms with E-state index in [0.717, 1.165) is 0 Å². The molecule has 0 radical (unpaired) electrons. The van der Waals surface area contributed by atoms with E-state index in [1.165, 1.54) is 13.8 Å². The quantitative estimate of drug-likeness (QED) is 0.547. The molecule has 0 saturated heterocycles. The zero-order chi connectivity index (χ0) is 11.1. The summed E-state index contributed by atoms with van der Waals surface area (Å²) in [5.74, 6) is -0.276. The molecule has 0 aliphatic rings. The van der Waals surface area contributed by atoms with E-state index in [9.17, 15) is 9.59 Å². The SMILES string of the molecule is CC(=O)O[C@H](CS)[C@@H](CS)OC(C)=O. The number of ether oxygens (including phenoxy) is 2. The number of carbonyl (C=O) groups is 2. The van der Waals surface area contributed by atoms with Crippen LogP contribution >= 0.6 is 25.3 Å². The Morgan fingerprint density at radius 1 is 1.00 bits per heavy atom. The molecule has 6 heteroatoms. The third-order valence-electron chi connectivity index (χ3n) is 1.41. The Morgan fingerprint density at radius 3 is 1.43 bits per heavy atom. The summed E-state index contributed by atoms with van der Waals surface area (Å²) in [6.45, 7) is 2.58. The minimum absolute atomic E-state index is 0.290. The van der Waals surface area contributed by atoms with E-state index in [0.29, 0.717) is 0 Å². The van der Waals surface area contributed by atoms with Gasteiger partial charge in [-0.1, -0.05) is 0 Å². The second-order valence-corrected chi connectivity index (χ2v) is 3.39. The van der Waals surface area contributed by atoms with Crippen molar-refractivity contribution in [3.63, 3.8) is 0 Å². The van der Waals surface area contributed by atoms with Gasteiger partial charge in [-0.3, -0.25) is 9.59 Å². The monoisotopic (exact) mass is 238 g/mol. The van der Waals surface area contributed by atoms with Gasteiger partial charge in [-0.05, 0) is 0 Å². The molecule has 0 unspecified atom stereocenters. The molecule has 0 aromatic rings. The third-order valence-corrected chi connectivity index (χ3v) is 2.13. The highest BCUT2D eigenvalue weighted by molar-refractivity contribution is 7.80. The van der Waals surface area contributed by atoms with Crippen molar-refractivity contribution >= 4 is 37.2 Å². The maximum absolute atomic E-state index is 10.7. The number of hydrogen-bond donors (Lipinski definition) is 2. The zero-order valence-corrected chi connectivity index (χ0v) is 9.89. The van der Waals surface area contributed by atoms with E-state index < -0.39 is 24.1 Å². The largest absolute Gasteiger partial charge is 0.458 e. The lowest BCUT2D eigenvalue weighted by Crippen LogP contribution is -2.37. The molecule has 0 rings (SSSR count). The summed E-state index contributed by atoms with van der Waals surface area (Å²) in [7, 11) is 0. The van der Waals surface area contributed by atoms with E-state index in [4.69, 9.17) is 9.47 Å². The predicted octanol–water partition coefficient (Wildman–Crippen LogP) is 0.709. The average Bonchev–Trinajstić information content (AvgIpc) is 2.10. The van der Waals surface area contributed by atoms with Crippen molar-refractivity contribution in [3.05, 3.63) is 0 Å². The molecule has 0 spiro atoms. The minimum atomic E-state index is -0.544. The summed E-state index contributed by atoms with van der Waals surface area (Å²) >= 11 is 8.01. The molecular weight excluding hydrogens is 224 g/mol. The van der Waals surface area contributed by atoms with Crippen molar-refractivity contribution in [2.45, 2.75) is 26.1 Å². The van der Waals surface area contributed by atoms with Crippen molar-refractivity contribution in [2.75, 3.05) is 11.5 Å². The Morgan fingerprint density at radius 2 is 1.29 bits per heavy atom. The first-order valence-corrected chi connectivity index (χ1v) is 5.34. The molecule has 0 aromatic heterocycles. The van der Waals surface area contributed by atoms with Gasteiger partial charge in [0.25, 0.3) is 0 Å². The van der Waals surface area contributed by atoms with Gasteiger partial charge in [0, 0.05) is 25.4 Å². The van der Waals surface area contributed by atoms with Crippen LogP contribution in [0.2, 0.25) is 0 Å². The summed E-state index contributed by atoms with van der Waals surface area (Å²) < 4.78 is 9.82. The Labute approximate surface area is 94.2 Å². The molecule has 4 nitrogen and oxygen atoms in total. The maximum atomic E-state index is 10.7. The highest BCUT2D eigenvalue weighted by atomic mass is 32.1. The maximum Gasteiger partial charge on any atom is 0.303 e.